The van der Waals surface area contributed by atoms with Crippen LogP contribution in [0.5, 0.6) is 23.0 Å². The molecule has 1 aliphatic heterocycles. The summed E-state index contributed by atoms with van der Waals surface area (Å²) in [5.74, 6) is 0.568. The van der Waals surface area contributed by atoms with Crippen molar-refractivity contribution < 1.29 is 28.5 Å². The Bertz CT molecular complexity index is 1290. The van der Waals surface area contributed by atoms with E-state index in [1.165, 1.54) is 21.3 Å². The summed E-state index contributed by atoms with van der Waals surface area (Å²) in [6.45, 7) is 0. The fraction of sp³-hybridized carbons (Fsp3) is 0.259. The number of methoxy groups -OCH3 is 4. The molecule has 2 amide bonds. The Morgan fingerprint density at radius 3 is 2.11 bits per heavy atom. The fourth-order valence-corrected chi connectivity index (χ4v) is 4.71. The van der Waals surface area contributed by atoms with Crippen LogP contribution in [0.3, 0.4) is 0 Å². The van der Waals surface area contributed by atoms with Crippen LogP contribution in [0.1, 0.15) is 33.4 Å². The number of likely N-dealkylation sites (N-methyl/N-ethyl adjacent to an activating group) is 1. The summed E-state index contributed by atoms with van der Waals surface area (Å²) in [7, 11) is 7.77. The Morgan fingerprint density at radius 2 is 1.50 bits per heavy atom. The van der Waals surface area contributed by atoms with Gasteiger partial charge >= 0.3 is 0 Å². The SMILES string of the molecule is COc1ccc([C@H]2[C@H](C(=O)Nc3cc(Cl)ccc3OC)c3cc(OC)c(OC)cc3C(=O)N2C)cc1. The highest BCUT2D eigenvalue weighted by atomic mass is 35.5. The lowest BCUT2D eigenvalue weighted by Crippen LogP contribution is -2.44. The van der Waals surface area contributed by atoms with Crippen molar-refractivity contribution in [2.75, 3.05) is 40.8 Å². The van der Waals surface area contributed by atoms with Gasteiger partial charge in [-0.3, -0.25) is 9.59 Å². The number of carbonyl (C=O) groups is 2. The molecule has 0 bridgehead atoms. The Balaban J connectivity index is 1.89. The molecular formula is C27H27ClN2O6. The number of nitrogens with zero attached hydrogens (tertiary/aromatic N) is 1. The molecular weight excluding hydrogens is 484 g/mol. The summed E-state index contributed by atoms with van der Waals surface area (Å²) in [5.41, 5.74) is 2.07. The Kier molecular flexibility index (Phi) is 7.26. The third kappa shape index (κ3) is 4.52. The average molecular weight is 511 g/mol. The topological polar surface area (TPSA) is 86.3 Å². The number of rotatable bonds is 7. The van der Waals surface area contributed by atoms with E-state index < -0.39 is 12.0 Å². The maximum absolute atomic E-state index is 14.0. The molecule has 1 heterocycles. The third-order valence-electron chi connectivity index (χ3n) is 6.33. The quantitative estimate of drug-likeness (QED) is 0.485. The molecule has 3 aromatic rings. The number of nitrogens with one attached hydrogen (secondary N) is 1. The molecule has 0 radical (unpaired) electrons. The molecule has 8 nitrogen and oxygen atoms in total. The Morgan fingerprint density at radius 1 is 0.861 bits per heavy atom. The van der Waals surface area contributed by atoms with Crippen LogP contribution in [0.2, 0.25) is 5.02 Å². The summed E-state index contributed by atoms with van der Waals surface area (Å²) < 4.78 is 21.6. The van der Waals surface area contributed by atoms with Crippen molar-refractivity contribution in [3.8, 4) is 23.0 Å². The molecule has 3 aromatic carbocycles. The number of anilines is 1. The highest BCUT2D eigenvalue weighted by molar-refractivity contribution is 6.31. The summed E-state index contributed by atoms with van der Waals surface area (Å²) >= 11 is 6.19. The normalized spacial score (nSPS) is 16.7. The predicted molar refractivity (Wildman–Crippen MR) is 137 cm³/mol. The molecule has 1 aliphatic rings. The van der Waals surface area contributed by atoms with Gasteiger partial charge in [0.25, 0.3) is 5.91 Å². The van der Waals surface area contributed by atoms with Crippen molar-refractivity contribution in [3.63, 3.8) is 0 Å². The van der Waals surface area contributed by atoms with Crippen LogP contribution >= 0.6 is 11.6 Å². The van der Waals surface area contributed by atoms with Gasteiger partial charge in [0.2, 0.25) is 5.91 Å². The molecule has 188 valence electrons. The first-order chi connectivity index (χ1) is 17.3. The van der Waals surface area contributed by atoms with E-state index in [1.54, 1.807) is 61.5 Å². The van der Waals surface area contributed by atoms with E-state index in [2.05, 4.69) is 5.32 Å². The maximum atomic E-state index is 14.0. The molecule has 0 fully saturated rings. The van der Waals surface area contributed by atoms with E-state index in [4.69, 9.17) is 30.5 Å². The second-order valence-corrected chi connectivity index (χ2v) is 8.68. The van der Waals surface area contributed by atoms with Crippen LogP contribution < -0.4 is 24.3 Å². The van der Waals surface area contributed by atoms with Crippen LogP contribution in [0.25, 0.3) is 0 Å². The number of hydrogen-bond acceptors (Lipinski definition) is 6. The number of fused-ring (bicyclic) bond motifs is 1. The smallest absolute Gasteiger partial charge is 0.254 e. The number of amides is 2. The van der Waals surface area contributed by atoms with Crippen molar-refractivity contribution in [3.05, 3.63) is 76.3 Å². The van der Waals surface area contributed by atoms with Gasteiger partial charge in [-0.1, -0.05) is 23.7 Å². The minimum atomic E-state index is -0.792. The standard InChI is InChI=1S/C27H27ClN2O6/c1-30-25(15-6-9-17(33-2)10-7-15)24(26(31)29-20-12-16(28)8-11-21(20)34-3)18-13-22(35-4)23(36-5)14-19(18)27(30)32/h6-14,24-25H,1-5H3,(H,29,31)/t24-,25+/m1/s1. The van der Waals surface area contributed by atoms with Crippen molar-refractivity contribution in [2.24, 2.45) is 0 Å². The molecule has 9 heteroatoms. The van der Waals surface area contributed by atoms with Gasteiger partial charge in [-0.2, -0.15) is 0 Å². The number of halogens is 1. The van der Waals surface area contributed by atoms with Gasteiger partial charge < -0.3 is 29.2 Å². The molecule has 0 unspecified atom stereocenters. The zero-order valence-electron chi connectivity index (χ0n) is 20.6. The number of hydrogen-bond donors (Lipinski definition) is 1. The molecule has 2 atom stereocenters. The molecule has 36 heavy (non-hydrogen) atoms. The Labute approximate surface area is 214 Å². The van der Waals surface area contributed by atoms with Crippen LogP contribution in [0, 0.1) is 0 Å². The van der Waals surface area contributed by atoms with Gasteiger partial charge in [-0.25, -0.2) is 0 Å². The molecule has 0 spiro atoms. The molecule has 0 saturated carbocycles. The van der Waals surface area contributed by atoms with Crippen LogP contribution in [-0.4, -0.2) is 52.2 Å². The molecule has 1 N–H and O–H groups in total. The van der Waals surface area contributed by atoms with Crippen LogP contribution in [0.15, 0.2) is 54.6 Å². The summed E-state index contributed by atoms with van der Waals surface area (Å²) in [6.07, 6.45) is 0. The Hall–Kier alpha value is -3.91. The first kappa shape index (κ1) is 25.2. The van der Waals surface area contributed by atoms with E-state index in [0.717, 1.165) is 5.56 Å². The van der Waals surface area contributed by atoms with Crippen molar-refractivity contribution in [1.82, 2.24) is 4.90 Å². The van der Waals surface area contributed by atoms with Gasteiger partial charge in [0.15, 0.2) is 11.5 Å². The molecule has 0 aromatic heterocycles. The summed E-state index contributed by atoms with van der Waals surface area (Å²) in [4.78, 5) is 29.0. The van der Waals surface area contributed by atoms with Gasteiger partial charge in [0.1, 0.15) is 11.5 Å². The summed E-state index contributed by atoms with van der Waals surface area (Å²) in [5, 5.41) is 3.40. The van der Waals surface area contributed by atoms with Gasteiger partial charge in [0, 0.05) is 17.6 Å². The minimum Gasteiger partial charge on any atom is -0.497 e. The van der Waals surface area contributed by atoms with E-state index in [-0.39, 0.29) is 11.8 Å². The highest BCUT2D eigenvalue weighted by Crippen LogP contribution is 2.46. The maximum Gasteiger partial charge on any atom is 0.254 e. The van der Waals surface area contributed by atoms with E-state index in [0.29, 0.717) is 44.8 Å². The minimum absolute atomic E-state index is 0.240. The van der Waals surface area contributed by atoms with Crippen molar-refractivity contribution >= 4 is 29.1 Å². The summed E-state index contributed by atoms with van der Waals surface area (Å²) in [6, 6.07) is 14.9. The molecule has 0 aliphatic carbocycles. The lowest BCUT2D eigenvalue weighted by atomic mass is 9.79. The molecule has 4 rings (SSSR count). The van der Waals surface area contributed by atoms with Crippen molar-refractivity contribution in [1.29, 1.82) is 0 Å². The zero-order chi connectivity index (χ0) is 26.0. The first-order valence-corrected chi connectivity index (χ1v) is 11.5. The van der Waals surface area contributed by atoms with Crippen molar-refractivity contribution in [2.45, 2.75) is 12.0 Å². The lowest BCUT2D eigenvalue weighted by Gasteiger charge is -2.40. The van der Waals surface area contributed by atoms with Gasteiger partial charge in [-0.05, 0) is 53.6 Å². The van der Waals surface area contributed by atoms with E-state index in [9.17, 15) is 9.59 Å². The monoisotopic (exact) mass is 510 g/mol. The van der Waals surface area contributed by atoms with E-state index in [1.807, 2.05) is 12.1 Å². The second kappa shape index (κ2) is 10.4. The largest absolute Gasteiger partial charge is 0.497 e. The first-order valence-electron chi connectivity index (χ1n) is 11.1. The zero-order valence-corrected chi connectivity index (χ0v) is 21.4. The lowest BCUT2D eigenvalue weighted by molar-refractivity contribution is -0.119. The van der Waals surface area contributed by atoms with Gasteiger partial charge in [0.05, 0.1) is 46.1 Å². The van der Waals surface area contributed by atoms with Crippen LogP contribution in [0.4, 0.5) is 5.69 Å². The number of carbonyl (C=O) groups excluding carboxylic acids is 2. The molecule has 0 saturated heterocycles. The highest BCUT2D eigenvalue weighted by Gasteiger charge is 2.43. The second-order valence-electron chi connectivity index (χ2n) is 8.24. The predicted octanol–water partition coefficient (Wildman–Crippen LogP) is 4.92. The average Bonchev–Trinajstić information content (AvgIpc) is 2.90. The number of benzene rings is 3. The van der Waals surface area contributed by atoms with Gasteiger partial charge in [-0.15, -0.1) is 0 Å². The fourth-order valence-electron chi connectivity index (χ4n) is 4.54. The van der Waals surface area contributed by atoms with Crippen LogP contribution in [-0.2, 0) is 4.79 Å². The third-order valence-corrected chi connectivity index (χ3v) is 6.57. The van der Waals surface area contributed by atoms with E-state index >= 15 is 0 Å². The number of ether oxygens (including phenoxy) is 4.